The largest absolute Gasteiger partial charge is 0.496 e. The van der Waals surface area contributed by atoms with Gasteiger partial charge in [0.25, 0.3) is 0 Å². The van der Waals surface area contributed by atoms with E-state index in [1.807, 2.05) is 54.6 Å². The number of para-hydroxylation sites is 1. The zero-order chi connectivity index (χ0) is 24.9. The van der Waals surface area contributed by atoms with Gasteiger partial charge in [0.2, 0.25) is 0 Å². The second-order valence-corrected chi connectivity index (χ2v) is 9.21. The van der Waals surface area contributed by atoms with Crippen LogP contribution in [0.25, 0.3) is 6.08 Å². The lowest BCUT2D eigenvalue weighted by molar-refractivity contribution is 0.104. The Morgan fingerprint density at radius 1 is 0.972 bits per heavy atom. The normalized spacial score (nSPS) is 11.7. The van der Waals surface area contributed by atoms with Crippen LogP contribution in [0.4, 0.5) is 11.4 Å². The number of ketones is 1. The van der Waals surface area contributed by atoms with E-state index in [2.05, 4.69) is 17.5 Å². The number of rotatable bonds is 7. The van der Waals surface area contributed by atoms with Crippen LogP contribution in [-0.4, -0.2) is 12.9 Å². The summed E-state index contributed by atoms with van der Waals surface area (Å²) in [5.41, 5.74) is 4.90. The molecule has 0 amide bonds. The summed E-state index contributed by atoms with van der Waals surface area (Å²) in [4.78, 5) is 15.2. The SMILES string of the molecule is COc1ccc(/C=C/C(=O)c2ccc3c(c2)Nc2ccccc2S3)cc1COc1ccc(C#N)cc1. The number of benzene rings is 4. The fourth-order valence-corrected chi connectivity index (χ4v) is 4.83. The molecule has 1 aliphatic rings. The van der Waals surface area contributed by atoms with Gasteiger partial charge in [-0.3, -0.25) is 4.79 Å². The molecule has 0 saturated heterocycles. The number of carbonyl (C=O) groups excluding carboxylic acids is 1. The molecule has 0 unspecified atom stereocenters. The molecule has 6 heteroatoms. The number of hydrogen-bond acceptors (Lipinski definition) is 6. The minimum Gasteiger partial charge on any atom is -0.496 e. The van der Waals surface area contributed by atoms with Gasteiger partial charge in [-0.15, -0.1) is 0 Å². The summed E-state index contributed by atoms with van der Waals surface area (Å²) < 4.78 is 11.3. The predicted octanol–water partition coefficient (Wildman–Crippen LogP) is 7.25. The van der Waals surface area contributed by atoms with Crippen LogP contribution >= 0.6 is 11.8 Å². The van der Waals surface area contributed by atoms with Gasteiger partial charge in [-0.05, 0) is 78.4 Å². The first-order valence-electron chi connectivity index (χ1n) is 11.3. The van der Waals surface area contributed by atoms with Gasteiger partial charge in [-0.2, -0.15) is 5.26 Å². The highest BCUT2D eigenvalue weighted by Crippen LogP contribution is 2.44. The molecule has 4 aromatic carbocycles. The third-order valence-corrected chi connectivity index (χ3v) is 6.90. The van der Waals surface area contributed by atoms with E-state index in [1.54, 1.807) is 55.3 Å². The lowest BCUT2D eigenvalue weighted by Gasteiger charge is -2.20. The number of nitrogens with zero attached hydrogens (tertiary/aromatic N) is 1. The Balaban J connectivity index is 1.29. The van der Waals surface area contributed by atoms with Gasteiger partial charge in [0.05, 0.1) is 30.1 Å². The van der Waals surface area contributed by atoms with Gasteiger partial charge in [-0.25, -0.2) is 0 Å². The van der Waals surface area contributed by atoms with Crippen LogP contribution in [0.15, 0.2) is 101 Å². The van der Waals surface area contributed by atoms with Crippen molar-refractivity contribution in [2.45, 2.75) is 16.4 Å². The number of carbonyl (C=O) groups is 1. The maximum Gasteiger partial charge on any atom is 0.185 e. The minimum atomic E-state index is -0.0744. The molecule has 5 nitrogen and oxygen atoms in total. The summed E-state index contributed by atoms with van der Waals surface area (Å²) in [5, 5.41) is 12.4. The molecule has 1 N–H and O–H groups in total. The lowest BCUT2D eigenvalue weighted by Crippen LogP contribution is -2.02. The van der Waals surface area contributed by atoms with Gasteiger partial charge in [0, 0.05) is 20.9 Å². The maximum absolute atomic E-state index is 12.9. The number of nitriles is 1. The van der Waals surface area contributed by atoms with Gasteiger partial charge >= 0.3 is 0 Å². The molecular formula is C30H22N2O3S. The van der Waals surface area contributed by atoms with E-state index in [9.17, 15) is 4.79 Å². The first-order chi connectivity index (χ1) is 17.6. The summed E-state index contributed by atoms with van der Waals surface area (Å²) in [6.07, 6.45) is 3.38. The summed E-state index contributed by atoms with van der Waals surface area (Å²) in [5.74, 6) is 1.29. The van der Waals surface area contributed by atoms with Crippen LogP contribution in [0, 0.1) is 11.3 Å². The summed E-state index contributed by atoms with van der Waals surface area (Å²) in [6, 6.07) is 28.6. The highest BCUT2D eigenvalue weighted by molar-refractivity contribution is 7.99. The predicted molar refractivity (Wildman–Crippen MR) is 142 cm³/mol. The molecule has 0 fully saturated rings. The highest BCUT2D eigenvalue weighted by atomic mass is 32.2. The lowest BCUT2D eigenvalue weighted by atomic mass is 10.1. The van der Waals surface area contributed by atoms with E-state index >= 15 is 0 Å². The topological polar surface area (TPSA) is 71.3 Å². The number of anilines is 2. The number of ether oxygens (including phenoxy) is 2. The van der Waals surface area contributed by atoms with Crippen LogP contribution in [0.5, 0.6) is 11.5 Å². The minimum absolute atomic E-state index is 0.0744. The number of allylic oxidation sites excluding steroid dienone is 1. The molecule has 1 heterocycles. The van der Waals surface area contributed by atoms with Crippen LogP contribution in [0.3, 0.4) is 0 Å². The van der Waals surface area contributed by atoms with Crippen molar-refractivity contribution in [1.29, 1.82) is 5.26 Å². The number of nitrogens with one attached hydrogen (secondary N) is 1. The molecule has 0 aromatic heterocycles. The average Bonchev–Trinajstić information content (AvgIpc) is 2.93. The second kappa shape index (κ2) is 10.4. The fraction of sp³-hybridized carbons (Fsp3) is 0.0667. The van der Waals surface area contributed by atoms with Gasteiger partial charge in [-0.1, -0.05) is 36.0 Å². The van der Waals surface area contributed by atoms with Crippen LogP contribution in [0.1, 0.15) is 27.0 Å². The highest BCUT2D eigenvalue weighted by Gasteiger charge is 2.16. The average molecular weight is 491 g/mol. The van der Waals surface area contributed by atoms with E-state index in [0.717, 1.165) is 27.4 Å². The third-order valence-electron chi connectivity index (χ3n) is 5.75. The van der Waals surface area contributed by atoms with Crippen molar-refractivity contribution in [1.82, 2.24) is 0 Å². The Morgan fingerprint density at radius 2 is 1.78 bits per heavy atom. The van der Waals surface area contributed by atoms with Crippen molar-refractivity contribution in [2.24, 2.45) is 0 Å². The van der Waals surface area contributed by atoms with E-state index in [-0.39, 0.29) is 5.78 Å². The van der Waals surface area contributed by atoms with Gasteiger partial charge < -0.3 is 14.8 Å². The van der Waals surface area contributed by atoms with Crippen molar-refractivity contribution >= 4 is 35.0 Å². The Morgan fingerprint density at radius 3 is 2.58 bits per heavy atom. The number of methoxy groups -OCH3 is 1. The summed E-state index contributed by atoms with van der Waals surface area (Å²) in [6.45, 7) is 0.292. The first kappa shape index (κ1) is 23.3. The van der Waals surface area contributed by atoms with E-state index in [4.69, 9.17) is 14.7 Å². The molecule has 5 rings (SSSR count). The van der Waals surface area contributed by atoms with E-state index < -0.39 is 0 Å². The van der Waals surface area contributed by atoms with Crippen molar-refractivity contribution < 1.29 is 14.3 Å². The van der Waals surface area contributed by atoms with Gasteiger partial charge in [0.1, 0.15) is 18.1 Å². The summed E-state index contributed by atoms with van der Waals surface area (Å²) >= 11 is 1.69. The molecule has 0 saturated carbocycles. The smallest absolute Gasteiger partial charge is 0.185 e. The fourth-order valence-electron chi connectivity index (χ4n) is 3.86. The second-order valence-electron chi connectivity index (χ2n) is 8.13. The molecule has 0 bridgehead atoms. The molecular weight excluding hydrogens is 468 g/mol. The molecule has 0 aliphatic carbocycles. The number of fused-ring (bicyclic) bond motifs is 2. The van der Waals surface area contributed by atoms with Gasteiger partial charge in [0.15, 0.2) is 5.78 Å². The Labute approximate surface area is 214 Å². The summed E-state index contributed by atoms with van der Waals surface area (Å²) in [7, 11) is 1.61. The standard InChI is InChI=1S/C30H22N2O3S/c1-34-28-14-9-20(16-23(28)19-35-24-11-6-21(18-31)7-12-24)8-13-27(33)22-10-15-30-26(17-22)32-25-4-2-3-5-29(25)36-30/h2-17,32H,19H2,1H3/b13-8+. The van der Waals surface area contributed by atoms with Crippen LogP contribution < -0.4 is 14.8 Å². The van der Waals surface area contributed by atoms with Crippen molar-refractivity contribution in [3.8, 4) is 17.6 Å². The Hall–Kier alpha value is -4.47. The molecule has 1 aliphatic heterocycles. The maximum atomic E-state index is 12.9. The molecule has 176 valence electrons. The zero-order valence-electron chi connectivity index (χ0n) is 19.5. The molecule has 36 heavy (non-hydrogen) atoms. The monoisotopic (exact) mass is 490 g/mol. The first-order valence-corrected chi connectivity index (χ1v) is 12.1. The van der Waals surface area contributed by atoms with E-state index in [1.165, 1.54) is 4.90 Å². The van der Waals surface area contributed by atoms with Crippen LogP contribution in [-0.2, 0) is 6.61 Å². The van der Waals surface area contributed by atoms with Crippen molar-refractivity contribution in [3.63, 3.8) is 0 Å². The van der Waals surface area contributed by atoms with Crippen LogP contribution in [0.2, 0.25) is 0 Å². The quantitative estimate of drug-likeness (QED) is 0.191. The van der Waals surface area contributed by atoms with Crippen molar-refractivity contribution in [3.05, 3.63) is 113 Å². The number of hydrogen-bond donors (Lipinski definition) is 1. The molecule has 0 atom stereocenters. The third kappa shape index (κ3) is 5.12. The van der Waals surface area contributed by atoms with E-state index in [0.29, 0.717) is 29.2 Å². The Kier molecular flexibility index (Phi) is 6.74. The van der Waals surface area contributed by atoms with Crippen molar-refractivity contribution in [2.75, 3.05) is 12.4 Å². The molecule has 4 aromatic rings. The molecule has 0 radical (unpaired) electrons. The molecule has 0 spiro atoms. The zero-order valence-corrected chi connectivity index (χ0v) is 20.3. The Bertz CT molecular complexity index is 1500.